The van der Waals surface area contributed by atoms with Gasteiger partial charge in [-0.3, -0.25) is 9.78 Å². The predicted molar refractivity (Wildman–Crippen MR) is 71.8 cm³/mol. The molecule has 2 rings (SSSR count). The number of carbonyl (C=O) groups excluding carboxylic acids is 1. The lowest BCUT2D eigenvalue weighted by atomic mass is 10.1. The molecule has 0 saturated carbocycles. The fourth-order valence-electron chi connectivity index (χ4n) is 1.76. The van der Waals surface area contributed by atoms with Crippen molar-refractivity contribution in [2.45, 2.75) is 25.8 Å². The Balaban J connectivity index is 2.24. The molecule has 0 aromatic carbocycles. The molecule has 1 amide bonds. The second-order valence-electron chi connectivity index (χ2n) is 4.43. The van der Waals surface area contributed by atoms with E-state index >= 15 is 0 Å². The monoisotopic (exact) mass is 259 g/mol. The van der Waals surface area contributed by atoms with E-state index < -0.39 is 5.91 Å². The van der Waals surface area contributed by atoms with Crippen molar-refractivity contribution < 1.29 is 4.79 Å². The van der Waals surface area contributed by atoms with Crippen LogP contribution in [0.2, 0.25) is 0 Å². The van der Waals surface area contributed by atoms with Gasteiger partial charge >= 0.3 is 0 Å². The molecule has 0 fully saturated rings. The van der Waals surface area contributed by atoms with E-state index in [0.717, 1.165) is 24.1 Å². The van der Waals surface area contributed by atoms with Crippen LogP contribution in [0.1, 0.15) is 29.4 Å². The zero-order chi connectivity index (χ0) is 13.8. The van der Waals surface area contributed by atoms with E-state index in [1.807, 2.05) is 6.07 Å². The smallest absolute Gasteiger partial charge is 0.269 e. The van der Waals surface area contributed by atoms with Gasteiger partial charge in [0.05, 0.1) is 11.9 Å². The summed E-state index contributed by atoms with van der Waals surface area (Å²) in [4.78, 5) is 15.2. The van der Waals surface area contributed by atoms with Crippen LogP contribution < -0.4 is 11.5 Å². The average Bonchev–Trinajstić information content (AvgIpc) is 2.88. The molecule has 0 aliphatic heterocycles. The topological polar surface area (TPSA) is 99.8 Å². The van der Waals surface area contributed by atoms with Gasteiger partial charge in [0.1, 0.15) is 5.69 Å². The van der Waals surface area contributed by atoms with Crippen molar-refractivity contribution in [3.05, 3.63) is 42.0 Å². The van der Waals surface area contributed by atoms with Gasteiger partial charge in [0.25, 0.3) is 5.91 Å². The summed E-state index contributed by atoms with van der Waals surface area (Å²) in [5.74, 6) is -0.545. The standard InChI is InChI=1S/C13H17N5O/c1-2-10(14)5-9-6-11(8-16-7-9)18-4-3-12(17-18)13(15)19/h3-4,6-8,10H,2,5,14H2,1H3,(H2,15,19). The summed E-state index contributed by atoms with van der Waals surface area (Å²) in [6, 6.07) is 3.66. The molecular weight excluding hydrogens is 242 g/mol. The van der Waals surface area contributed by atoms with Gasteiger partial charge < -0.3 is 11.5 Å². The van der Waals surface area contributed by atoms with Gasteiger partial charge in [-0.15, -0.1) is 0 Å². The Bertz CT molecular complexity index is 578. The maximum Gasteiger partial charge on any atom is 0.269 e. The largest absolute Gasteiger partial charge is 0.364 e. The van der Waals surface area contributed by atoms with Crippen molar-refractivity contribution in [2.75, 3.05) is 0 Å². The third-order valence-electron chi connectivity index (χ3n) is 2.91. The van der Waals surface area contributed by atoms with E-state index in [0.29, 0.717) is 0 Å². The third kappa shape index (κ3) is 3.17. The minimum absolute atomic E-state index is 0.121. The molecule has 100 valence electrons. The highest BCUT2D eigenvalue weighted by Gasteiger charge is 2.08. The minimum Gasteiger partial charge on any atom is -0.364 e. The maximum atomic E-state index is 11.0. The quantitative estimate of drug-likeness (QED) is 0.823. The number of pyridine rings is 1. The number of carbonyl (C=O) groups is 1. The van der Waals surface area contributed by atoms with Crippen LogP contribution in [-0.2, 0) is 6.42 Å². The van der Waals surface area contributed by atoms with Crippen molar-refractivity contribution in [2.24, 2.45) is 11.5 Å². The number of primary amides is 1. The molecule has 0 bridgehead atoms. The van der Waals surface area contributed by atoms with Gasteiger partial charge in [-0.2, -0.15) is 5.10 Å². The van der Waals surface area contributed by atoms with Crippen LogP contribution in [-0.4, -0.2) is 26.7 Å². The molecule has 6 heteroatoms. The fourth-order valence-corrected chi connectivity index (χ4v) is 1.76. The van der Waals surface area contributed by atoms with Crippen molar-refractivity contribution in [1.29, 1.82) is 0 Å². The summed E-state index contributed by atoms with van der Waals surface area (Å²) >= 11 is 0. The molecule has 0 spiro atoms. The molecular formula is C13H17N5O. The number of nitrogens with two attached hydrogens (primary N) is 2. The van der Waals surface area contributed by atoms with E-state index in [9.17, 15) is 4.79 Å². The van der Waals surface area contributed by atoms with E-state index in [2.05, 4.69) is 17.0 Å². The maximum absolute atomic E-state index is 11.0. The first kappa shape index (κ1) is 13.2. The summed E-state index contributed by atoms with van der Waals surface area (Å²) < 4.78 is 1.58. The van der Waals surface area contributed by atoms with Crippen molar-refractivity contribution in [1.82, 2.24) is 14.8 Å². The van der Waals surface area contributed by atoms with E-state index in [-0.39, 0.29) is 11.7 Å². The predicted octanol–water partition coefficient (Wildman–Crippen LogP) is 0.646. The second-order valence-corrected chi connectivity index (χ2v) is 4.43. The third-order valence-corrected chi connectivity index (χ3v) is 2.91. The lowest BCUT2D eigenvalue weighted by Gasteiger charge is -2.09. The number of amides is 1. The van der Waals surface area contributed by atoms with Crippen LogP contribution in [0, 0.1) is 0 Å². The molecule has 1 unspecified atom stereocenters. The van der Waals surface area contributed by atoms with Crippen LogP contribution in [0.25, 0.3) is 5.69 Å². The number of nitrogens with zero attached hydrogens (tertiary/aromatic N) is 3. The molecule has 0 aliphatic carbocycles. The number of hydrogen-bond donors (Lipinski definition) is 2. The highest BCUT2D eigenvalue weighted by molar-refractivity contribution is 5.90. The first-order valence-electron chi connectivity index (χ1n) is 6.15. The lowest BCUT2D eigenvalue weighted by molar-refractivity contribution is 0.0995. The Labute approximate surface area is 111 Å². The highest BCUT2D eigenvalue weighted by atomic mass is 16.1. The number of hydrogen-bond acceptors (Lipinski definition) is 4. The Kier molecular flexibility index (Phi) is 3.91. The molecule has 0 aliphatic rings. The normalized spacial score (nSPS) is 12.3. The highest BCUT2D eigenvalue weighted by Crippen LogP contribution is 2.10. The van der Waals surface area contributed by atoms with Gasteiger partial charge in [-0.1, -0.05) is 6.92 Å². The van der Waals surface area contributed by atoms with Gasteiger partial charge in [0, 0.05) is 18.4 Å². The zero-order valence-corrected chi connectivity index (χ0v) is 10.8. The van der Waals surface area contributed by atoms with E-state index in [4.69, 9.17) is 11.5 Å². The number of rotatable bonds is 5. The first-order chi connectivity index (χ1) is 9.10. The van der Waals surface area contributed by atoms with E-state index in [1.165, 1.54) is 0 Å². The molecule has 0 radical (unpaired) electrons. The summed E-state index contributed by atoms with van der Waals surface area (Å²) in [5.41, 5.74) is 13.2. The van der Waals surface area contributed by atoms with Crippen LogP contribution in [0.5, 0.6) is 0 Å². The van der Waals surface area contributed by atoms with Crippen molar-refractivity contribution >= 4 is 5.91 Å². The minimum atomic E-state index is -0.545. The lowest BCUT2D eigenvalue weighted by Crippen LogP contribution is -2.21. The van der Waals surface area contributed by atoms with E-state index in [1.54, 1.807) is 29.3 Å². The summed E-state index contributed by atoms with van der Waals surface area (Å²) in [6.07, 6.45) is 6.83. The van der Waals surface area contributed by atoms with Crippen LogP contribution in [0.3, 0.4) is 0 Å². The van der Waals surface area contributed by atoms with Crippen LogP contribution >= 0.6 is 0 Å². The van der Waals surface area contributed by atoms with Crippen molar-refractivity contribution in [3.8, 4) is 5.69 Å². The average molecular weight is 259 g/mol. The Morgan fingerprint density at radius 3 is 2.89 bits per heavy atom. The number of aromatic nitrogens is 3. The van der Waals surface area contributed by atoms with Crippen molar-refractivity contribution in [3.63, 3.8) is 0 Å². The SMILES string of the molecule is CCC(N)Cc1cncc(-n2ccc(C(N)=O)n2)c1. The summed E-state index contributed by atoms with van der Waals surface area (Å²) in [6.45, 7) is 2.05. The zero-order valence-electron chi connectivity index (χ0n) is 10.8. The Morgan fingerprint density at radius 2 is 2.26 bits per heavy atom. The fraction of sp³-hybridized carbons (Fsp3) is 0.308. The Morgan fingerprint density at radius 1 is 1.47 bits per heavy atom. The molecule has 19 heavy (non-hydrogen) atoms. The molecule has 0 saturated heterocycles. The molecule has 1 atom stereocenters. The van der Waals surface area contributed by atoms with Gasteiger partial charge in [0.15, 0.2) is 0 Å². The Hall–Kier alpha value is -2.21. The summed E-state index contributed by atoms with van der Waals surface area (Å²) in [5, 5.41) is 4.09. The molecule has 6 nitrogen and oxygen atoms in total. The molecule has 2 aromatic rings. The van der Waals surface area contributed by atoms with Gasteiger partial charge in [-0.25, -0.2) is 4.68 Å². The second kappa shape index (κ2) is 5.62. The first-order valence-corrected chi connectivity index (χ1v) is 6.15. The molecule has 2 heterocycles. The van der Waals surface area contributed by atoms with Gasteiger partial charge in [-0.05, 0) is 30.5 Å². The van der Waals surface area contributed by atoms with Gasteiger partial charge in [0.2, 0.25) is 0 Å². The molecule has 2 aromatic heterocycles. The molecule has 4 N–H and O–H groups in total. The summed E-state index contributed by atoms with van der Waals surface area (Å²) in [7, 11) is 0. The van der Waals surface area contributed by atoms with Crippen LogP contribution in [0.4, 0.5) is 0 Å². The van der Waals surface area contributed by atoms with Crippen LogP contribution in [0.15, 0.2) is 30.7 Å².